The fourth-order valence-corrected chi connectivity index (χ4v) is 0.713. The molecule has 0 aliphatic heterocycles. The van der Waals surface area contributed by atoms with Gasteiger partial charge in [-0.25, -0.2) is 10.5 Å². The molecule has 0 aromatic heterocycles. The minimum atomic E-state index is -1.03. The second-order valence-corrected chi connectivity index (χ2v) is 2.20. The molecule has 1 rings (SSSR count). The van der Waals surface area contributed by atoms with Crippen LogP contribution in [0.1, 0.15) is 5.56 Å². The molecule has 0 saturated carbocycles. The Kier molecular flexibility index (Phi) is 2.11. The molecule has 0 bridgehead atoms. The monoisotopic (exact) mass is 150 g/mol. The van der Waals surface area contributed by atoms with E-state index < -0.39 is 6.09 Å². The molecule has 1 aromatic rings. The maximum atomic E-state index is 10.1. The molecule has 0 atom stereocenters. The van der Waals surface area contributed by atoms with Crippen LogP contribution in [0.25, 0.3) is 0 Å². The van der Waals surface area contributed by atoms with Crippen molar-refractivity contribution in [1.29, 1.82) is 0 Å². The summed E-state index contributed by atoms with van der Waals surface area (Å²) in [7, 11) is 0. The van der Waals surface area contributed by atoms with Gasteiger partial charge in [0, 0.05) is 0 Å². The highest BCUT2D eigenvalue weighted by molar-refractivity contribution is 5.67. The number of nitrogens with one attached hydrogen (secondary N) is 1. The van der Waals surface area contributed by atoms with Crippen molar-refractivity contribution in [2.45, 2.75) is 6.92 Å². The smallest absolute Gasteiger partial charge is 0.409 e. The van der Waals surface area contributed by atoms with Crippen molar-refractivity contribution in [2.75, 3.05) is 0 Å². The van der Waals surface area contributed by atoms with Crippen molar-refractivity contribution in [1.82, 2.24) is 5.73 Å². The highest BCUT2D eigenvalue weighted by Crippen LogP contribution is 2.10. The lowest BCUT2D eigenvalue weighted by atomic mass is 10.2. The summed E-state index contributed by atoms with van der Waals surface area (Å²) in [5, 5.41) is 0. The Labute approximate surface area is 64.8 Å². The summed E-state index contributed by atoms with van der Waals surface area (Å²) in [5.74, 6) is 0.413. The summed E-state index contributed by atoms with van der Waals surface area (Å²) in [6, 6.07) is 6.94. The Morgan fingerprint density at radius 2 is 1.91 bits per heavy atom. The highest BCUT2D eigenvalue weighted by Gasteiger charge is 1.96. The van der Waals surface area contributed by atoms with Gasteiger partial charge >= 0.3 is 6.09 Å². The zero-order valence-electron chi connectivity index (χ0n) is 6.13. The van der Waals surface area contributed by atoms with Crippen molar-refractivity contribution in [3.63, 3.8) is 0 Å². The number of carbonyl (C=O) groups is 1. The SMILES string of the molecule is Cc1ccc(OC([NH])=O)cc1. The van der Waals surface area contributed by atoms with E-state index in [-0.39, 0.29) is 0 Å². The molecule has 0 spiro atoms. The van der Waals surface area contributed by atoms with Crippen LogP contribution in [0.2, 0.25) is 0 Å². The van der Waals surface area contributed by atoms with Gasteiger partial charge in [-0.1, -0.05) is 17.7 Å². The van der Waals surface area contributed by atoms with Gasteiger partial charge in [0.2, 0.25) is 0 Å². The Balaban J connectivity index is 2.74. The molecule has 0 fully saturated rings. The zero-order valence-corrected chi connectivity index (χ0v) is 6.13. The molecule has 1 aromatic carbocycles. The maximum Gasteiger partial charge on any atom is 0.431 e. The molecule has 0 aliphatic carbocycles. The first-order valence-corrected chi connectivity index (χ1v) is 3.18. The molecule has 1 N–H and O–H groups in total. The Bertz CT molecular complexity index is 253. The van der Waals surface area contributed by atoms with Gasteiger partial charge in [-0.2, -0.15) is 0 Å². The Morgan fingerprint density at radius 1 is 1.36 bits per heavy atom. The third-order valence-electron chi connectivity index (χ3n) is 1.23. The standard InChI is InChI=1S/C8H8NO2/c1-6-2-4-7(5-3-6)11-8(9)10/h2-5,9H,1H3. The predicted octanol–water partition coefficient (Wildman–Crippen LogP) is 1.78. The summed E-state index contributed by atoms with van der Waals surface area (Å²) in [6.07, 6.45) is -1.03. The summed E-state index contributed by atoms with van der Waals surface area (Å²) in [5.41, 5.74) is 7.60. The third-order valence-corrected chi connectivity index (χ3v) is 1.23. The average molecular weight is 150 g/mol. The van der Waals surface area contributed by atoms with Crippen LogP contribution in [-0.2, 0) is 0 Å². The van der Waals surface area contributed by atoms with E-state index in [1.165, 1.54) is 0 Å². The summed E-state index contributed by atoms with van der Waals surface area (Å²) in [4.78, 5) is 10.1. The van der Waals surface area contributed by atoms with Crippen LogP contribution in [0.3, 0.4) is 0 Å². The molecule has 3 nitrogen and oxygen atoms in total. The lowest BCUT2D eigenvalue weighted by Gasteiger charge is -1.98. The van der Waals surface area contributed by atoms with Crippen LogP contribution in [0, 0.1) is 6.92 Å². The van der Waals surface area contributed by atoms with Gasteiger partial charge in [0.05, 0.1) is 0 Å². The zero-order chi connectivity index (χ0) is 8.27. The number of rotatable bonds is 1. The molecule has 0 heterocycles. The van der Waals surface area contributed by atoms with Gasteiger partial charge in [-0.3, -0.25) is 0 Å². The molecule has 0 aliphatic rings. The molecule has 57 valence electrons. The van der Waals surface area contributed by atoms with E-state index in [0.717, 1.165) is 5.56 Å². The fourth-order valence-electron chi connectivity index (χ4n) is 0.713. The van der Waals surface area contributed by atoms with Crippen molar-refractivity contribution in [3.8, 4) is 5.75 Å². The highest BCUT2D eigenvalue weighted by atomic mass is 16.5. The third kappa shape index (κ3) is 2.29. The van der Waals surface area contributed by atoms with Crippen LogP contribution in [0.5, 0.6) is 5.75 Å². The van der Waals surface area contributed by atoms with Crippen LogP contribution >= 0.6 is 0 Å². The van der Waals surface area contributed by atoms with Crippen LogP contribution in [0.15, 0.2) is 24.3 Å². The number of carbonyl (C=O) groups excluding carboxylic acids is 1. The number of amides is 1. The Morgan fingerprint density at radius 3 is 2.36 bits per heavy atom. The predicted molar refractivity (Wildman–Crippen MR) is 40.3 cm³/mol. The largest absolute Gasteiger partial charge is 0.431 e. The summed E-state index contributed by atoms with van der Waals surface area (Å²) in [6.45, 7) is 1.94. The summed E-state index contributed by atoms with van der Waals surface area (Å²) < 4.78 is 4.50. The number of aryl methyl sites for hydroxylation is 1. The fraction of sp³-hybridized carbons (Fsp3) is 0.125. The van der Waals surface area contributed by atoms with Crippen molar-refractivity contribution in [2.24, 2.45) is 0 Å². The van der Waals surface area contributed by atoms with Crippen molar-refractivity contribution in [3.05, 3.63) is 29.8 Å². The van der Waals surface area contributed by atoms with Crippen LogP contribution in [-0.4, -0.2) is 6.09 Å². The number of benzene rings is 1. The maximum absolute atomic E-state index is 10.1. The topological polar surface area (TPSA) is 50.1 Å². The van der Waals surface area contributed by atoms with E-state index >= 15 is 0 Å². The molecule has 0 saturated heterocycles. The van der Waals surface area contributed by atoms with Gasteiger partial charge < -0.3 is 4.74 Å². The van der Waals surface area contributed by atoms with E-state index in [4.69, 9.17) is 5.73 Å². The first-order chi connectivity index (χ1) is 5.18. The molecule has 0 unspecified atom stereocenters. The van der Waals surface area contributed by atoms with Gasteiger partial charge in [0.15, 0.2) is 0 Å². The number of hydrogen-bond acceptors (Lipinski definition) is 2. The lowest BCUT2D eigenvalue weighted by molar-refractivity contribution is 0.209. The minimum Gasteiger partial charge on any atom is -0.409 e. The van der Waals surface area contributed by atoms with Gasteiger partial charge in [-0.05, 0) is 19.1 Å². The minimum absolute atomic E-state index is 0.413. The van der Waals surface area contributed by atoms with Gasteiger partial charge in [0.1, 0.15) is 5.75 Å². The molecule has 11 heavy (non-hydrogen) atoms. The van der Waals surface area contributed by atoms with E-state index in [2.05, 4.69) is 4.74 Å². The average Bonchev–Trinajstić information content (AvgIpc) is 1.93. The van der Waals surface area contributed by atoms with E-state index in [0.29, 0.717) is 5.75 Å². The normalized spacial score (nSPS) is 9.18. The van der Waals surface area contributed by atoms with E-state index in [1.807, 2.05) is 19.1 Å². The summed E-state index contributed by atoms with van der Waals surface area (Å²) >= 11 is 0. The number of hydrogen-bond donors (Lipinski definition) is 0. The molecule has 1 amide bonds. The second-order valence-electron chi connectivity index (χ2n) is 2.20. The molecular weight excluding hydrogens is 142 g/mol. The molecule has 1 radical (unpaired) electrons. The first-order valence-electron chi connectivity index (χ1n) is 3.18. The van der Waals surface area contributed by atoms with Gasteiger partial charge in [-0.15, -0.1) is 0 Å². The second kappa shape index (κ2) is 3.05. The Hall–Kier alpha value is -1.51. The molecular formula is C8H8NO2. The van der Waals surface area contributed by atoms with Gasteiger partial charge in [0.25, 0.3) is 0 Å². The van der Waals surface area contributed by atoms with Crippen molar-refractivity contribution < 1.29 is 9.53 Å². The molecule has 3 heteroatoms. The first kappa shape index (κ1) is 7.60. The van der Waals surface area contributed by atoms with Crippen molar-refractivity contribution >= 4 is 6.09 Å². The van der Waals surface area contributed by atoms with Crippen LogP contribution in [0.4, 0.5) is 4.79 Å². The number of ether oxygens (including phenoxy) is 1. The quantitative estimate of drug-likeness (QED) is 0.612. The lowest BCUT2D eigenvalue weighted by Crippen LogP contribution is -2.04. The van der Waals surface area contributed by atoms with E-state index in [1.54, 1.807) is 12.1 Å². The van der Waals surface area contributed by atoms with Crippen LogP contribution < -0.4 is 10.5 Å². The van der Waals surface area contributed by atoms with E-state index in [9.17, 15) is 4.79 Å².